The smallest absolute Gasteiger partial charge is 0.407 e. The summed E-state index contributed by atoms with van der Waals surface area (Å²) in [6.45, 7) is 5.78. The van der Waals surface area contributed by atoms with Crippen LogP contribution in [0.1, 0.15) is 46.5 Å². The molecule has 2 fully saturated rings. The standard InChI is InChI=1S/C16H27NO4/c1-16(2,3)17(15(19)20)11-6-5-10-7-14(21-4)13(9-18)12(10)8-11/h9-14H,5-8H2,1-4H3,(H,19,20)/t10-,11+,12-,13+,14+/m1/s1. The predicted molar refractivity (Wildman–Crippen MR) is 79.2 cm³/mol. The first-order valence-electron chi connectivity index (χ1n) is 7.80. The molecule has 0 aromatic heterocycles. The maximum absolute atomic E-state index is 11.6. The molecule has 120 valence electrons. The highest BCUT2D eigenvalue weighted by molar-refractivity contribution is 5.66. The molecular formula is C16H27NO4. The van der Waals surface area contributed by atoms with Crippen molar-refractivity contribution in [2.75, 3.05) is 7.11 Å². The van der Waals surface area contributed by atoms with E-state index >= 15 is 0 Å². The summed E-state index contributed by atoms with van der Waals surface area (Å²) in [5.41, 5.74) is -0.417. The van der Waals surface area contributed by atoms with Gasteiger partial charge in [0.05, 0.1) is 6.10 Å². The van der Waals surface area contributed by atoms with E-state index in [9.17, 15) is 14.7 Å². The van der Waals surface area contributed by atoms with Crippen molar-refractivity contribution in [1.82, 2.24) is 4.90 Å². The van der Waals surface area contributed by atoms with E-state index < -0.39 is 11.6 Å². The summed E-state index contributed by atoms with van der Waals surface area (Å²) in [4.78, 5) is 24.6. The van der Waals surface area contributed by atoms with E-state index in [1.165, 1.54) is 0 Å². The quantitative estimate of drug-likeness (QED) is 0.813. The molecule has 0 bridgehead atoms. The number of carbonyl (C=O) groups is 2. The van der Waals surface area contributed by atoms with Crippen molar-refractivity contribution in [2.24, 2.45) is 17.8 Å². The number of aldehydes is 1. The number of carboxylic acid groups (broad SMARTS) is 1. The lowest BCUT2D eigenvalue weighted by Gasteiger charge is -2.44. The zero-order valence-corrected chi connectivity index (χ0v) is 13.4. The third-order valence-electron chi connectivity index (χ3n) is 5.23. The Morgan fingerprint density at radius 3 is 2.43 bits per heavy atom. The Labute approximate surface area is 126 Å². The molecule has 5 nitrogen and oxygen atoms in total. The number of carbonyl (C=O) groups excluding carboxylic acids is 1. The van der Waals surface area contributed by atoms with Gasteiger partial charge in [-0.2, -0.15) is 0 Å². The number of fused-ring (bicyclic) bond motifs is 1. The molecule has 0 unspecified atom stereocenters. The summed E-state index contributed by atoms with van der Waals surface area (Å²) in [6, 6.07) is 0.00167. The van der Waals surface area contributed by atoms with E-state index in [-0.39, 0.29) is 24.0 Å². The third kappa shape index (κ3) is 3.07. The maximum Gasteiger partial charge on any atom is 0.407 e. The Balaban J connectivity index is 2.17. The fourth-order valence-corrected chi connectivity index (χ4v) is 4.41. The summed E-state index contributed by atoms with van der Waals surface area (Å²) in [6.07, 6.45) is 3.73. The molecule has 0 saturated heterocycles. The monoisotopic (exact) mass is 297 g/mol. The lowest BCUT2D eigenvalue weighted by atomic mass is 9.75. The molecule has 2 aliphatic carbocycles. The van der Waals surface area contributed by atoms with Crippen LogP contribution in [0.5, 0.6) is 0 Å². The van der Waals surface area contributed by atoms with Crippen molar-refractivity contribution in [1.29, 1.82) is 0 Å². The van der Waals surface area contributed by atoms with Crippen molar-refractivity contribution in [3.63, 3.8) is 0 Å². The van der Waals surface area contributed by atoms with Crippen molar-refractivity contribution < 1.29 is 19.4 Å². The van der Waals surface area contributed by atoms with Crippen LogP contribution in [-0.2, 0) is 9.53 Å². The first-order chi connectivity index (χ1) is 9.79. The SMILES string of the molecule is CO[C@H]1C[C@H]2CC[C@H](N(C(=O)O)C(C)(C)C)C[C@H]2[C@@H]1C=O. The zero-order chi connectivity index (χ0) is 15.8. The normalized spacial score (nSPS) is 36.1. The molecular weight excluding hydrogens is 270 g/mol. The van der Waals surface area contributed by atoms with Gasteiger partial charge in [-0.25, -0.2) is 4.79 Å². The van der Waals surface area contributed by atoms with Gasteiger partial charge < -0.3 is 19.5 Å². The molecule has 1 amide bonds. The van der Waals surface area contributed by atoms with E-state index in [0.29, 0.717) is 5.92 Å². The van der Waals surface area contributed by atoms with Crippen LogP contribution in [0.3, 0.4) is 0 Å². The molecule has 2 aliphatic rings. The van der Waals surface area contributed by atoms with Crippen LogP contribution in [-0.4, -0.2) is 47.2 Å². The van der Waals surface area contributed by atoms with Crippen LogP contribution in [0.15, 0.2) is 0 Å². The molecule has 5 atom stereocenters. The van der Waals surface area contributed by atoms with Crippen LogP contribution >= 0.6 is 0 Å². The van der Waals surface area contributed by atoms with Crippen molar-refractivity contribution in [3.05, 3.63) is 0 Å². The van der Waals surface area contributed by atoms with Gasteiger partial charge >= 0.3 is 6.09 Å². The van der Waals surface area contributed by atoms with Gasteiger partial charge in [0.1, 0.15) is 6.29 Å². The fraction of sp³-hybridized carbons (Fsp3) is 0.875. The van der Waals surface area contributed by atoms with Crippen LogP contribution < -0.4 is 0 Å². The Morgan fingerprint density at radius 1 is 1.29 bits per heavy atom. The summed E-state index contributed by atoms with van der Waals surface area (Å²) >= 11 is 0. The van der Waals surface area contributed by atoms with Crippen LogP contribution in [0.4, 0.5) is 4.79 Å². The van der Waals surface area contributed by atoms with Crippen molar-refractivity contribution in [3.8, 4) is 0 Å². The second-order valence-corrected chi connectivity index (χ2v) is 7.44. The van der Waals surface area contributed by atoms with Gasteiger partial charge in [0.2, 0.25) is 0 Å². The Hall–Kier alpha value is -1.10. The summed E-state index contributed by atoms with van der Waals surface area (Å²) < 4.78 is 5.46. The minimum Gasteiger partial charge on any atom is -0.465 e. The molecule has 0 aliphatic heterocycles. The Kier molecular flexibility index (Phi) is 4.61. The van der Waals surface area contributed by atoms with Crippen LogP contribution in [0.25, 0.3) is 0 Å². The van der Waals surface area contributed by atoms with E-state index in [1.807, 2.05) is 20.8 Å². The molecule has 1 N–H and O–H groups in total. The highest BCUT2D eigenvalue weighted by atomic mass is 16.5. The Morgan fingerprint density at radius 2 is 1.95 bits per heavy atom. The van der Waals surface area contributed by atoms with E-state index in [4.69, 9.17) is 4.74 Å². The summed E-state index contributed by atoms with van der Waals surface area (Å²) in [5.74, 6) is 0.672. The van der Waals surface area contributed by atoms with E-state index in [2.05, 4.69) is 0 Å². The minimum atomic E-state index is -0.866. The van der Waals surface area contributed by atoms with Gasteiger partial charge in [0.25, 0.3) is 0 Å². The molecule has 0 radical (unpaired) electrons. The van der Waals surface area contributed by atoms with Crippen molar-refractivity contribution in [2.45, 2.75) is 64.1 Å². The van der Waals surface area contributed by atoms with Gasteiger partial charge in [0.15, 0.2) is 0 Å². The van der Waals surface area contributed by atoms with Crippen molar-refractivity contribution >= 4 is 12.4 Å². The van der Waals surface area contributed by atoms with Crippen LogP contribution in [0, 0.1) is 17.8 Å². The number of methoxy groups -OCH3 is 1. The Bertz CT molecular complexity index is 404. The largest absolute Gasteiger partial charge is 0.465 e. The first kappa shape index (κ1) is 16.3. The number of ether oxygens (including phenoxy) is 1. The lowest BCUT2D eigenvalue weighted by molar-refractivity contribution is -0.116. The van der Waals surface area contributed by atoms with Crippen LogP contribution in [0.2, 0.25) is 0 Å². The van der Waals surface area contributed by atoms with Gasteiger partial charge in [-0.3, -0.25) is 0 Å². The average Bonchev–Trinajstić information content (AvgIpc) is 2.73. The first-order valence-corrected chi connectivity index (χ1v) is 7.80. The van der Waals surface area contributed by atoms with E-state index in [1.54, 1.807) is 12.0 Å². The third-order valence-corrected chi connectivity index (χ3v) is 5.23. The zero-order valence-electron chi connectivity index (χ0n) is 13.4. The molecule has 5 heteroatoms. The molecule has 2 saturated carbocycles. The van der Waals surface area contributed by atoms with Gasteiger partial charge in [-0.15, -0.1) is 0 Å². The predicted octanol–water partition coefficient (Wildman–Crippen LogP) is 2.78. The lowest BCUT2D eigenvalue weighted by Crippen LogP contribution is -2.53. The second-order valence-electron chi connectivity index (χ2n) is 7.44. The number of hydrogen-bond donors (Lipinski definition) is 1. The second kappa shape index (κ2) is 5.95. The molecule has 2 rings (SSSR count). The molecule has 21 heavy (non-hydrogen) atoms. The maximum atomic E-state index is 11.6. The van der Waals surface area contributed by atoms with E-state index in [0.717, 1.165) is 32.0 Å². The molecule has 0 heterocycles. The molecule has 0 spiro atoms. The number of amides is 1. The highest BCUT2D eigenvalue weighted by Gasteiger charge is 2.48. The number of rotatable bonds is 3. The summed E-state index contributed by atoms with van der Waals surface area (Å²) in [7, 11) is 1.66. The topological polar surface area (TPSA) is 66.8 Å². The average molecular weight is 297 g/mol. The van der Waals surface area contributed by atoms with Gasteiger partial charge in [-0.05, 0) is 58.3 Å². The molecule has 0 aromatic rings. The fourth-order valence-electron chi connectivity index (χ4n) is 4.41. The summed E-state index contributed by atoms with van der Waals surface area (Å²) in [5, 5.41) is 9.55. The number of nitrogens with zero attached hydrogens (tertiary/aromatic N) is 1. The van der Waals surface area contributed by atoms with Gasteiger partial charge in [-0.1, -0.05) is 0 Å². The highest BCUT2D eigenvalue weighted by Crippen LogP contribution is 2.47. The van der Waals surface area contributed by atoms with Gasteiger partial charge in [0, 0.05) is 24.6 Å². The molecule has 0 aromatic carbocycles. The minimum absolute atomic E-state index is 0.00167. The number of hydrogen-bond acceptors (Lipinski definition) is 3.